The molecular weight excluding hydrogens is 394 g/mol. The lowest BCUT2D eigenvalue weighted by atomic mass is 10.1. The summed E-state index contributed by atoms with van der Waals surface area (Å²) < 4.78 is 5.40. The Hall–Kier alpha value is -3.25. The first kappa shape index (κ1) is 20.0. The highest BCUT2D eigenvalue weighted by atomic mass is 32.1. The lowest BCUT2D eigenvalue weighted by molar-refractivity contribution is 0.0942. The average molecular weight is 418 g/mol. The molecule has 1 amide bonds. The van der Waals surface area contributed by atoms with Crippen LogP contribution in [0.5, 0.6) is 0 Å². The molecule has 0 aliphatic rings. The maximum atomic E-state index is 12.6. The van der Waals surface area contributed by atoms with Crippen LogP contribution in [0.25, 0.3) is 22.2 Å². The standard InChI is InChI=1S/C24H23N3O2S/c1-16-8-12-19(13-9-16)24-26-22(27-29-24)20-14-15-21(30-20)23(28)25-17(2)10-11-18-6-4-3-5-7-18/h3-9,12-15,17H,10-11H2,1-2H3,(H,25,28)/t17-/m0/s1. The Morgan fingerprint density at radius 1 is 1.07 bits per heavy atom. The van der Waals surface area contributed by atoms with Crippen molar-refractivity contribution in [1.29, 1.82) is 0 Å². The topological polar surface area (TPSA) is 68.0 Å². The number of rotatable bonds is 7. The summed E-state index contributed by atoms with van der Waals surface area (Å²) in [6, 6.07) is 22.0. The van der Waals surface area contributed by atoms with Crippen molar-refractivity contribution in [3.63, 3.8) is 0 Å². The molecule has 1 N–H and O–H groups in total. The van der Waals surface area contributed by atoms with E-state index in [2.05, 4.69) is 27.6 Å². The van der Waals surface area contributed by atoms with Crippen LogP contribution in [-0.2, 0) is 6.42 Å². The van der Waals surface area contributed by atoms with Gasteiger partial charge in [0.25, 0.3) is 11.8 Å². The number of carbonyl (C=O) groups is 1. The highest BCUT2D eigenvalue weighted by Crippen LogP contribution is 2.28. The van der Waals surface area contributed by atoms with Crippen molar-refractivity contribution in [2.75, 3.05) is 0 Å². The Balaban J connectivity index is 1.37. The third kappa shape index (κ3) is 4.83. The van der Waals surface area contributed by atoms with Crippen molar-refractivity contribution < 1.29 is 9.32 Å². The Morgan fingerprint density at radius 2 is 1.83 bits per heavy atom. The van der Waals surface area contributed by atoms with Crippen molar-refractivity contribution in [3.8, 4) is 22.2 Å². The number of benzene rings is 2. The molecule has 4 aromatic rings. The van der Waals surface area contributed by atoms with E-state index in [9.17, 15) is 4.79 Å². The normalized spacial score (nSPS) is 11.9. The molecule has 152 valence electrons. The van der Waals surface area contributed by atoms with Gasteiger partial charge in [-0.05, 0) is 56.5 Å². The third-order valence-electron chi connectivity index (χ3n) is 4.86. The maximum Gasteiger partial charge on any atom is 0.261 e. The summed E-state index contributed by atoms with van der Waals surface area (Å²) >= 11 is 1.36. The molecule has 30 heavy (non-hydrogen) atoms. The second-order valence-electron chi connectivity index (χ2n) is 7.35. The number of hydrogen-bond acceptors (Lipinski definition) is 5. The minimum absolute atomic E-state index is 0.0749. The molecule has 6 heteroatoms. The summed E-state index contributed by atoms with van der Waals surface area (Å²) in [6.07, 6.45) is 1.82. The molecule has 2 heterocycles. The van der Waals surface area contributed by atoms with Crippen LogP contribution in [0.15, 0.2) is 71.3 Å². The lowest BCUT2D eigenvalue weighted by Gasteiger charge is -2.13. The van der Waals surface area contributed by atoms with Gasteiger partial charge in [0.05, 0.1) is 9.75 Å². The van der Waals surface area contributed by atoms with Crippen molar-refractivity contribution in [3.05, 3.63) is 82.7 Å². The number of thiophene rings is 1. The first-order valence-corrected chi connectivity index (χ1v) is 10.8. The zero-order valence-electron chi connectivity index (χ0n) is 17.0. The average Bonchev–Trinajstić information content (AvgIpc) is 3.43. The van der Waals surface area contributed by atoms with E-state index in [0.717, 1.165) is 23.3 Å². The van der Waals surface area contributed by atoms with Gasteiger partial charge >= 0.3 is 0 Å². The quantitative estimate of drug-likeness (QED) is 0.430. The zero-order valence-corrected chi connectivity index (χ0v) is 17.8. The fourth-order valence-electron chi connectivity index (χ4n) is 3.11. The number of carbonyl (C=O) groups excluding carboxylic acids is 1. The van der Waals surface area contributed by atoms with Crippen LogP contribution in [-0.4, -0.2) is 22.1 Å². The lowest BCUT2D eigenvalue weighted by Crippen LogP contribution is -2.32. The monoisotopic (exact) mass is 417 g/mol. The summed E-state index contributed by atoms with van der Waals surface area (Å²) in [5.41, 5.74) is 3.32. The molecule has 4 rings (SSSR count). The van der Waals surface area contributed by atoms with Gasteiger partial charge in [0, 0.05) is 11.6 Å². The Bertz CT molecular complexity index is 1120. The minimum Gasteiger partial charge on any atom is -0.349 e. The molecule has 0 fully saturated rings. The summed E-state index contributed by atoms with van der Waals surface area (Å²) in [4.78, 5) is 18.5. The molecule has 0 unspecified atom stereocenters. The van der Waals surface area contributed by atoms with E-state index in [1.165, 1.54) is 22.5 Å². The molecule has 0 radical (unpaired) electrons. The predicted octanol–water partition coefficient (Wildman–Crippen LogP) is 5.52. The van der Waals surface area contributed by atoms with E-state index in [1.54, 1.807) is 6.07 Å². The van der Waals surface area contributed by atoms with Crippen molar-refractivity contribution in [1.82, 2.24) is 15.5 Å². The number of aryl methyl sites for hydroxylation is 2. The molecule has 2 aromatic carbocycles. The highest BCUT2D eigenvalue weighted by molar-refractivity contribution is 7.17. The summed E-state index contributed by atoms with van der Waals surface area (Å²) in [6.45, 7) is 4.06. The Labute approximate surface area is 179 Å². The van der Waals surface area contributed by atoms with Crippen LogP contribution in [0.2, 0.25) is 0 Å². The molecule has 5 nitrogen and oxygen atoms in total. The second-order valence-corrected chi connectivity index (χ2v) is 8.44. The van der Waals surface area contributed by atoms with Crippen LogP contribution in [0, 0.1) is 6.92 Å². The molecular formula is C24H23N3O2S. The van der Waals surface area contributed by atoms with Gasteiger partial charge in [-0.1, -0.05) is 53.2 Å². The molecule has 1 atom stereocenters. The van der Waals surface area contributed by atoms with E-state index in [4.69, 9.17) is 4.52 Å². The van der Waals surface area contributed by atoms with Gasteiger partial charge in [-0.15, -0.1) is 11.3 Å². The highest BCUT2D eigenvalue weighted by Gasteiger charge is 2.16. The number of amides is 1. The molecule has 0 spiro atoms. The molecule has 2 aromatic heterocycles. The SMILES string of the molecule is Cc1ccc(-c2nc(-c3ccc(C(=O)N[C@@H](C)CCc4ccccc4)s3)no2)cc1. The van der Waals surface area contributed by atoms with Crippen molar-refractivity contribution >= 4 is 17.2 Å². The van der Waals surface area contributed by atoms with Crippen LogP contribution in [0.3, 0.4) is 0 Å². The number of nitrogens with zero attached hydrogens (tertiary/aromatic N) is 2. The molecule has 0 saturated carbocycles. The molecule has 0 aliphatic carbocycles. The zero-order chi connectivity index (χ0) is 20.9. The Kier molecular flexibility index (Phi) is 6.05. The summed E-state index contributed by atoms with van der Waals surface area (Å²) in [5, 5.41) is 7.15. The summed E-state index contributed by atoms with van der Waals surface area (Å²) in [7, 11) is 0. The van der Waals surface area contributed by atoms with Crippen LogP contribution in [0.1, 0.15) is 34.1 Å². The molecule has 0 bridgehead atoms. The summed E-state index contributed by atoms with van der Waals surface area (Å²) in [5.74, 6) is 0.889. The van der Waals surface area contributed by atoms with Gasteiger partial charge in [0.2, 0.25) is 5.82 Å². The number of hydrogen-bond donors (Lipinski definition) is 1. The van der Waals surface area contributed by atoms with Gasteiger partial charge in [0.1, 0.15) is 0 Å². The first-order chi connectivity index (χ1) is 14.6. The van der Waals surface area contributed by atoms with Gasteiger partial charge in [-0.2, -0.15) is 4.98 Å². The van der Waals surface area contributed by atoms with E-state index >= 15 is 0 Å². The second kappa shape index (κ2) is 9.05. The smallest absolute Gasteiger partial charge is 0.261 e. The van der Waals surface area contributed by atoms with E-state index in [-0.39, 0.29) is 11.9 Å². The molecule has 0 aliphatic heterocycles. The fourth-order valence-corrected chi connectivity index (χ4v) is 3.95. The predicted molar refractivity (Wildman–Crippen MR) is 119 cm³/mol. The molecule has 0 saturated heterocycles. The van der Waals surface area contributed by atoms with E-state index in [0.29, 0.717) is 16.6 Å². The number of aromatic nitrogens is 2. The van der Waals surface area contributed by atoms with Gasteiger partial charge in [0.15, 0.2) is 0 Å². The van der Waals surface area contributed by atoms with E-state index in [1.807, 2.05) is 62.4 Å². The fraction of sp³-hybridized carbons (Fsp3) is 0.208. The number of nitrogens with one attached hydrogen (secondary N) is 1. The maximum absolute atomic E-state index is 12.6. The van der Waals surface area contributed by atoms with E-state index < -0.39 is 0 Å². The largest absolute Gasteiger partial charge is 0.349 e. The Morgan fingerprint density at radius 3 is 2.60 bits per heavy atom. The van der Waals surface area contributed by atoms with Crippen LogP contribution >= 0.6 is 11.3 Å². The van der Waals surface area contributed by atoms with Crippen LogP contribution < -0.4 is 5.32 Å². The van der Waals surface area contributed by atoms with Crippen LogP contribution in [0.4, 0.5) is 0 Å². The van der Waals surface area contributed by atoms with Crippen molar-refractivity contribution in [2.45, 2.75) is 32.7 Å². The minimum atomic E-state index is -0.0749. The van der Waals surface area contributed by atoms with Gasteiger partial charge < -0.3 is 9.84 Å². The van der Waals surface area contributed by atoms with Crippen molar-refractivity contribution in [2.24, 2.45) is 0 Å². The van der Waals surface area contributed by atoms with Gasteiger partial charge in [-0.25, -0.2) is 0 Å². The van der Waals surface area contributed by atoms with Gasteiger partial charge in [-0.3, -0.25) is 4.79 Å². The first-order valence-electron chi connectivity index (χ1n) is 9.94. The third-order valence-corrected chi connectivity index (χ3v) is 5.94.